The molecule has 3 rings (SSSR count). The number of rotatable bonds is 7. The summed E-state index contributed by atoms with van der Waals surface area (Å²) in [5.74, 6) is 1.39. The first-order valence-electron chi connectivity index (χ1n) is 9.67. The molecule has 1 saturated heterocycles. The highest BCUT2D eigenvalue weighted by Crippen LogP contribution is 2.27. The van der Waals surface area contributed by atoms with Gasteiger partial charge in [0.05, 0.1) is 10.6 Å². The predicted molar refractivity (Wildman–Crippen MR) is 112 cm³/mol. The van der Waals surface area contributed by atoms with Crippen molar-refractivity contribution in [2.45, 2.75) is 51.4 Å². The molecule has 0 atom stereocenters. The van der Waals surface area contributed by atoms with E-state index in [4.69, 9.17) is 0 Å². The summed E-state index contributed by atoms with van der Waals surface area (Å²) in [4.78, 5) is 27.4. The number of thioether (sulfide) groups is 1. The Bertz CT molecular complexity index is 795. The summed E-state index contributed by atoms with van der Waals surface area (Å²) >= 11 is 3.04. The average Bonchev–Trinajstić information content (AvgIpc) is 3.35. The Labute approximate surface area is 173 Å². The monoisotopic (exact) mass is 421 g/mol. The van der Waals surface area contributed by atoms with Crippen LogP contribution in [-0.4, -0.2) is 56.4 Å². The lowest BCUT2D eigenvalue weighted by atomic mass is 10.0. The van der Waals surface area contributed by atoms with Crippen molar-refractivity contribution in [3.8, 4) is 10.7 Å². The Kier molecular flexibility index (Phi) is 7.12. The predicted octanol–water partition coefficient (Wildman–Crippen LogP) is 2.88. The third-order valence-electron chi connectivity index (χ3n) is 4.77. The molecule has 0 aromatic carbocycles. The smallest absolute Gasteiger partial charge is 0.230 e. The summed E-state index contributed by atoms with van der Waals surface area (Å²) in [6, 6.07) is 4.16. The Morgan fingerprint density at radius 3 is 2.68 bits per heavy atom. The van der Waals surface area contributed by atoms with Crippen molar-refractivity contribution in [3.05, 3.63) is 17.5 Å². The van der Waals surface area contributed by atoms with Crippen molar-refractivity contribution >= 4 is 34.9 Å². The van der Waals surface area contributed by atoms with Gasteiger partial charge < -0.3 is 14.8 Å². The van der Waals surface area contributed by atoms with Gasteiger partial charge in [-0.05, 0) is 31.2 Å². The van der Waals surface area contributed by atoms with Gasteiger partial charge in [0.2, 0.25) is 11.8 Å². The van der Waals surface area contributed by atoms with Crippen LogP contribution >= 0.6 is 23.1 Å². The van der Waals surface area contributed by atoms with Crippen LogP contribution in [0.1, 0.15) is 33.6 Å². The molecule has 1 N–H and O–H groups in total. The van der Waals surface area contributed by atoms with E-state index < -0.39 is 0 Å². The van der Waals surface area contributed by atoms with Gasteiger partial charge in [-0.3, -0.25) is 9.59 Å². The zero-order chi connectivity index (χ0) is 20.1. The summed E-state index contributed by atoms with van der Waals surface area (Å²) < 4.78 is 2.04. The second kappa shape index (κ2) is 9.56. The van der Waals surface area contributed by atoms with Crippen LogP contribution < -0.4 is 5.32 Å². The number of amides is 2. The van der Waals surface area contributed by atoms with E-state index in [0.717, 1.165) is 35.2 Å². The van der Waals surface area contributed by atoms with Crippen molar-refractivity contribution in [1.82, 2.24) is 25.0 Å². The minimum atomic E-state index is 0.00182. The number of carbonyl (C=O) groups excluding carboxylic acids is 2. The largest absolute Gasteiger partial charge is 0.353 e. The molecule has 2 aromatic rings. The first-order valence-corrected chi connectivity index (χ1v) is 11.5. The molecule has 152 valence electrons. The number of carbonyl (C=O) groups is 2. The van der Waals surface area contributed by atoms with E-state index >= 15 is 0 Å². The molecule has 0 spiro atoms. The Morgan fingerprint density at radius 2 is 2.07 bits per heavy atom. The minimum absolute atomic E-state index is 0.00182. The normalized spacial score (nSPS) is 15.2. The van der Waals surface area contributed by atoms with Crippen LogP contribution in [0.25, 0.3) is 10.7 Å². The van der Waals surface area contributed by atoms with Crippen LogP contribution in [-0.2, 0) is 16.1 Å². The lowest BCUT2D eigenvalue weighted by Gasteiger charge is -2.33. The molecule has 7 nitrogen and oxygen atoms in total. The molecule has 0 bridgehead atoms. The molecule has 0 aliphatic carbocycles. The van der Waals surface area contributed by atoms with Gasteiger partial charge in [-0.1, -0.05) is 31.7 Å². The highest BCUT2D eigenvalue weighted by atomic mass is 32.2. The topological polar surface area (TPSA) is 80.1 Å². The molecule has 1 aliphatic heterocycles. The Hall–Kier alpha value is -1.87. The fourth-order valence-electron chi connectivity index (χ4n) is 3.28. The van der Waals surface area contributed by atoms with E-state index in [0.29, 0.717) is 18.8 Å². The standard InChI is InChI=1S/C19H27N5O2S2/c1-4-24-17(15-6-5-11-27-15)21-22-19(24)28-12-16(25)20-14-7-9-23(10-8-14)18(26)13(2)3/h5-6,11,13-14H,4,7-10,12H2,1-3H3,(H,20,25). The third kappa shape index (κ3) is 4.94. The summed E-state index contributed by atoms with van der Waals surface area (Å²) in [6.45, 7) is 8.08. The maximum atomic E-state index is 12.4. The van der Waals surface area contributed by atoms with E-state index in [-0.39, 0.29) is 23.8 Å². The second-order valence-electron chi connectivity index (χ2n) is 7.14. The number of hydrogen-bond acceptors (Lipinski definition) is 6. The summed E-state index contributed by atoms with van der Waals surface area (Å²) in [6.07, 6.45) is 1.62. The summed E-state index contributed by atoms with van der Waals surface area (Å²) in [5, 5.41) is 14.4. The van der Waals surface area contributed by atoms with Crippen molar-refractivity contribution in [1.29, 1.82) is 0 Å². The molecule has 9 heteroatoms. The first-order chi connectivity index (χ1) is 13.5. The third-order valence-corrected chi connectivity index (χ3v) is 6.61. The Morgan fingerprint density at radius 1 is 1.32 bits per heavy atom. The van der Waals surface area contributed by atoms with Gasteiger partial charge >= 0.3 is 0 Å². The summed E-state index contributed by atoms with van der Waals surface area (Å²) in [5.41, 5.74) is 0. The van der Waals surface area contributed by atoms with Gasteiger partial charge in [-0.25, -0.2) is 0 Å². The molecule has 0 unspecified atom stereocenters. The molecule has 0 radical (unpaired) electrons. The molecule has 0 saturated carbocycles. The maximum absolute atomic E-state index is 12.4. The van der Waals surface area contributed by atoms with Gasteiger partial charge in [0.1, 0.15) is 0 Å². The lowest BCUT2D eigenvalue weighted by molar-refractivity contribution is -0.135. The molecule has 2 amide bonds. The van der Waals surface area contributed by atoms with Gasteiger partial charge in [0.15, 0.2) is 11.0 Å². The lowest BCUT2D eigenvalue weighted by Crippen LogP contribution is -2.47. The zero-order valence-electron chi connectivity index (χ0n) is 16.6. The molecule has 2 aromatic heterocycles. The quantitative estimate of drug-likeness (QED) is 0.696. The maximum Gasteiger partial charge on any atom is 0.230 e. The average molecular weight is 422 g/mol. The molecular weight excluding hydrogens is 394 g/mol. The van der Waals surface area contributed by atoms with Crippen LogP contribution in [0, 0.1) is 5.92 Å². The number of thiophene rings is 1. The van der Waals surface area contributed by atoms with Crippen LogP contribution in [0.15, 0.2) is 22.7 Å². The molecular formula is C19H27N5O2S2. The van der Waals surface area contributed by atoms with Crippen LogP contribution in [0.4, 0.5) is 0 Å². The van der Waals surface area contributed by atoms with Crippen molar-refractivity contribution in [3.63, 3.8) is 0 Å². The van der Waals surface area contributed by atoms with E-state index in [9.17, 15) is 9.59 Å². The van der Waals surface area contributed by atoms with Crippen molar-refractivity contribution < 1.29 is 9.59 Å². The summed E-state index contributed by atoms with van der Waals surface area (Å²) in [7, 11) is 0. The Balaban J connectivity index is 1.48. The van der Waals surface area contributed by atoms with Gasteiger partial charge in [0.25, 0.3) is 0 Å². The molecule has 1 fully saturated rings. The minimum Gasteiger partial charge on any atom is -0.353 e. The van der Waals surface area contributed by atoms with Gasteiger partial charge in [-0.15, -0.1) is 21.5 Å². The van der Waals surface area contributed by atoms with E-state index in [2.05, 4.69) is 22.4 Å². The number of hydrogen-bond donors (Lipinski definition) is 1. The first kappa shape index (κ1) is 20.9. The van der Waals surface area contributed by atoms with Crippen LogP contribution in [0.5, 0.6) is 0 Å². The SMILES string of the molecule is CCn1c(SCC(=O)NC2CCN(C(=O)C(C)C)CC2)nnc1-c1cccs1. The fraction of sp³-hybridized carbons (Fsp3) is 0.579. The highest BCUT2D eigenvalue weighted by molar-refractivity contribution is 7.99. The second-order valence-corrected chi connectivity index (χ2v) is 9.03. The molecule has 3 heterocycles. The van der Waals surface area contributed by atoms with E-state index in [1.165, 1.54) is 11.8 Å². The highest BCUT2D eigenvalue weighted by Gasteiger charge is 2.25. The number of likely N-dealkylation sites (tertiary alicyclic amines) is 1. The number of aromatic nitrogens is 3. The number of nitrogens with one attached hydrogen (secondary N) is 1. The number of nitrogens with zero attached hydrogens (tertiary/aromatic N) is 4. The van der Waals surface area contributed by atoms with Crippen LogP contribution in [0.3, 0.4) is 0 Å². The number of piperidine rings is 1. The van der Waals surface area contributed by atoms with Gasteiger partial charge in [-0.2, -0.15) is 0 Å². The zero-order valence-corrected chi connectivity index (χ0v) is 18.2. The van der Waals surface area contributed by atoms with E-state index in [1.807, 2.05) is 40.8 Å². The van der Waals surface area contributed by atoms with Gasteiger partial charge in [0, 0.05) is 31.6 Å². The van der Waals surface area contributed by atoms with Crippen LogP contribution in [0.2, 0.25) is 0 Å². The molecule has 1 aliphatic rings. The van der Waals surface area contributed by atoms with Crippen molar-refractivity contribution in [2.75, 3.05) is 18.8 Å². The van der Waals surface area contributed by atoms with Crippen molar-refractivity contribution in [2.24, 2.45) is 5.92 Å². The molecule has 28 heavy (non-hydrogen) atoms. The fourth-order valence-corrected chi connectivity index (χ4v) is 4.81. The van der Waals surface area contributed by atoms with E-state index in [1.54, 1.807) is 11.3 Å².